The molecular formula is C24H23F3N4S. The van der Waals surface area contributed by atoms with E-state index in [9.17, 15) is 13.2 Å². The molecule has 0 N–H and O–H groups in total. The third-order valence-corrected chi connectivity index (χ3v) is 7.20. The number of aryl methyl sites for hydroxylation is 1. The Balaban J connectivity index is 1.61. The molecule has 0 aliphatic carbocycles. The minimum absolute atomic E-state index is 0.0388. The standard InChI is InChI=1S/C24H23F3N4S/c1-14-11-19(16(3)31(14)18-8-6-7-17(12-18)24(25,26)27)22-21(20-9-4-5-10-28-20)29-23-30(22)13-15(2)32-23/h4-12,15,21-22H,13H2,1-3H3/t15-,21+,22-/m0/s1. The molecule has 2 aliphatic rings. The number of pyridine rings is 1. The van der Waals surface area contributed by atoms with Crippen molar-refractivity contribution in [3.63, 3.8) is 0 Å². The summed E-state index contributed by atoms with van der Waals surface area (Å²) >= 11 is 1.77. The van der Waals surface area contributed by atoms with Crippen molar-refractivity contribution in [2.45, 2.75) is 44.3 Å². The molecule has 3 aromatic rings. The van der Waals surface area contributed by atoms with E-state index in [2.05, 4.69) is 22.9 Å². The lowest BCUT2D eigenvalue weighted by Gasteiger charge is -2.27. The SMILES string of the molecule is Cc1cc([C@H]2[C@@H](c3ccccn3)N=C3S[C@@H](C)CN32)c(C)n1-c1cccc(C(F)(F)F)c1. The van der Waals surface area contributed by atoms with E-state index in [4.69, 9.17) is 4.99 Å². The summed E-state index contributed by atoms with van der Waals surface area (Å²) in [6, 6.07) is 13.2. The molecule has 0 unspecified atom stereocenters. The highest BCUT2D eigenvalue weighted by Gasteiger charge is 2.44. The molecule has 0 bridgehead atoms. The van der Waals surface area contributed by atoms with E-state index in [1.54, 1.807) is 24.0 Å². The normalized spacial score (nSPS) is 22.9. The average molecular weight is 457 g/mol. The molecule has 0 radical (unpaired) electrons. The molecule has 1 fully saturated rings. The van der Waals surface area contributed by atoms with Crippen LogP contribution >= 0.6 is 11.8 Å². The summed E-state index contributed by atoms with van der Waals surface area (Å²) in [5.41, 5.74) is 3.66. The minimum atomic E-state index is -4.38. The lowest BCUT2D eigenvalue weighted by Crippen LogP contribution is -2.28. The fraction of sp³-hybridized carbons (Fsp3) is 0.333. The number of aliphatic imine (C=N–C) groups is 1. The number of nitrogens with zero attached hydrogens (tertiary/aromatic N) is 4. The van der Waals surface area contributed by atoms with Gasteiger partial charge < -0.3 is 9.47 Å². The van der Waals surface area contributed by atoms with E-state index in [0.29, 0.717) is 10.9 Å². The lowest BCUT2D eigenvalue weighted by atomic mass is 9.96. The van der Waals surface area contributed by atoms with Crippen LogP contribution in [0.15, 0.2) is 59.7 Å². The highest BCUT2D eigenvalue weighted by molar-refractivity contribution is 8.14. The quantitative estimate of drug-likeness (QED) is 0.478. The fourth-order valence-corrected chi connectivity index (χ4v) is 5.85. The maximum Gasteiger partial charge on any atom is 0.416 e. The van der Waals surface area contributed by atoms with Gasteiger partial charge in [-0.2, -0.15) is 13.2 Å². The van der Waals surface area contributed by atoms with Crippen LogP contribution in [0.1, 0.15) is 47.2 Å². The Morgan fingerprint density at radius 3 is 2.59 bits per heavy atom. The maximum absolute atomic E-state index is 13.3. The van der Waals surface area contributed by atoms with Crippen LogP contribution in [-0.2, 0) is 6.18 Å². The van der Waals surface area contributed by atoms with Gasteiger partial charge >= 0.3 is 6.18 Å². The topological polar surface area (TPSA) is 33.4 Å². The summed E-state index contributed by atoms with van der Waals surface area (Å²) in [7, 11) is 0. The van der Waals surface area contributed by atoms with Gasteiger partial charge in [0.2, 0.25) is 0 Å². The zero-order chi connectivity index (χ0) is 22.6. The first-order valence-electron chi connectivity index (χ1n) is 10.5. The molecule has 8 heteroatoms. The van der Waals surface area contributed by atoms with Gasteiger partial charge in [-0.3, -0.25) is 9.98 Å². The Labute approximate surface area is 189 Å². The molecular weight excluding hydrogens is 433 g/mol. The average Bonchev–Trinajstić information content (AvgIpc) is 3.37. The molecule has 32 heavy (non-hydrogen) atoms. The molecule has 1 saturated heterocycles. The van der Waals surface area contributed by atoms with Crippen molar-refractivity contribution in [2.24, 2.45) is 4.99 Å². The van der Waals surface area contributed by atoms with Gasteiger partial charge in [0, 0.05) is 35.1 Å². The van der Waals surface area contributed by atoms with Gasteiger partial charge in [0.1, 0.15) is 6.04 Å². The van der Waals surface area contributed by atoms with E-state index in [1.807, 2.05) is 36.6 Å². The monoisotopic (exact) mass is 456 g/mol. The largest absolute Gasteiger partial charge is 0.416 e. The maximum atomic E-state index is 13.3. The molecule has 4 heterocycles. The molecule has 5 rings (SSSR count). The van der Waals surface area contributed by atoms with Crippen LogP contribution in [0.3, 0.4) is 0 Å². The van der Waals surface area contributed by atoms with Crippen molar-refractivity contribution in [1.29, 1.82) is 0 Å². The first-order valence-corrected chi connectivity index (χ1v) is 11.4. The third-order valence-electron chi connectivity index (χ3n) is 6.10. The van der Waals surface area contributed by atoms with Crippen LogP contribution in [0.5, 0.6) is 0 Å². The van der Waals surface area contributed by atoms with Gasteiger partial charge in [-0.05, 0) is 55.8 Å². The van der Waals surface area contributed by atoms with Crippen LogP contribution < -0.4 is 0 Å². The van der Waals surface area contributed by atoms with Gasteiger partial charge in [0.25, 0.3) is 0 Å². The number of alkyl halides is 3. The molecule has 0 saturated carbocycles. The second kappa shape index (κ2) is 7.69. The fourth-order valence-electron chi connectivity index (χ4n) is 4.76. The number of hydrogen-bond acceptors (Lipinski definition) is 4. The summed E-state index contributed by atoms with van der Waals surface area (Å²) in [5, 5.41) is 1.45. The van der Waals surface area contributed by atoms with Gasteiger partial charge in [0.05, 0.1) is 17.3 Å². The first-order chi connectivity index (χ1) is 15.2. The second-order valence-corrected chi connectivity index (χ2v) is 9.75. The second-order valence-electron chi connectivity index (χ2n) is 8.35. The van der Waals surface area contributed by atoms with Crippen LogP contribution in [0, 0.1) is 13.8 Å². The number of hydrogen-bond donors (Lipinski definition) is 0. The van der Waals surface area contributed by atoms with Gasteiger partial charge in [-0.1, -0.05) is 30.8 Å². The zero-order valence-corrected chi connectivity index (χ0v) is 18.8. The Kier molecular flexibility index (Phi) is 5.08. The smallest absolute Gasteiger partial charge is 0.341 e. The number of benzene rings is 1. The first kappa shape index (κ1) is 21.1. The number of rotatable bonds is 3. The number of halogens is 3. The van der Waals surface area contributed by atoms with Crippen molar-refractivity contribution < 1.29 is 13.2 Å². The number of amidine groups is 1. The van der Waals surface area contributed by atoms with E-state index >= 15 is 0 Å². The van der Waals surface area contributed by atoms with Gasteiger partial charge in [0.15, 0.2) is 5.17 Å². The zero-order valence-electron chi connectivity index (χ0n) is 18.0. The van der Waals surface area contributed by atoms with E-state index in [1.165, 1.54) is 12.1 Å². The van der Waals surface area contributed by atoms with Crippen molar-refractivity contribution in [2.75, 3.05) is 6.54 Å². The summed E-state index contributed by atoms with van der Waals surface area (Å²) in [4.78, 5) is 11.9. The third kappa shape index (κ3) is 3.50. The number of fused-ring (bicyclic) bond motifs is 1. The highest BCUT2D eigenvalue weighted by Crippen LogP contribution is 2.49. The van der Waals surface area contributed by atoms with Crippen molar-refractivity contribution >= 4 is 16.9 Å². The van der Waals surface area contributed by atoms with Crippen LogP contribution in [0.4, 0.5) is 13.2 Å². The molecule has 0 spiro atoms. The van der Waals surface area contributed by atoms with Gasteiger partial charge in [-0.15, -0.1) is 0 Å². The summed E-state index contributed by atoms with van der Waals surface area (Å²) in [6.07, 6.45) is -2.60. The Bertz CT molecular complexity index is 1190. The predicted octanol–water partition coefficient (Wildman–Crippen LogP) is 6.10. The molecule has 0 amide bonds. The van der Waals surface area contributed by atoms with Crippen molar-refractivity contribution in [3.05, 3.63) is 82.9 Å². The van der Waals surface area contributed by atoms with Crippen molar-refractivity contribution in [3.8, 4) is 5.69 Å². The summed E-state index contributed by atoms with van der Waals surface area (Å²) in [6.45, 7) is 6.97. The molecule has 4 nitrogen and oxygen atoms in total. The van der Waals surface area contributed by atoms with E-state index in [-0.39, 0.29) is 12.1 Å². The highest BCUT2D eigenvalue weighted by atomic mass is 32.2. The molecule has 166 valence electrons. The molecule has 3 atom stereocenters. The lowest BCUT2D eigenvalue weighted by molar-refractivity contribution is -0.137. The Morgan fingerprint density at radius 2 is 1.88 bits per heavy atom. The Morgan fingerprint density at radius 1 is 1.06 bits per heavy atom. The van der Waals surface area contributed by atoms with Crippen LogP contribution in [-0.4, -0.2) is 31.4 Å². The minimum Gasteiger partial charge on any atom is -0.341 e. The number of thioether (sulfide) groups is 1. The molecule has 2 aliphatic heterocycles. The Hall–Kier alpha value is -2.74. The van der Waals surface area contributed by atoms with Gasteiger partial charge in [-0.25, -0.2) is 0 Å². The summed E-state index contributed by atoms with van der Waals surface area (Å²) < 4.78 is 41.9. The van der Waals surface area contributed by atoms with E-state index in [0.717, 1.165) is 40.4 Å². The van der Waals surface area contributed by atoms with E-state index < -0.39 is 11.7 Å². The molecule has 2 aromatic heterocycles. The number of aromatic nitrogens is 2. The summed E-state index contributed by atoms with van der Waals surface area (Å²) in [5.74, 6) is 0. The van der Waals surface area contributed by atoms with Crippen LogP contribution in [0.2, 0.25) is 0 Å². The molecule has 1 aromatic carbocycles. The predicted molar refractivity (Wildman–Crippen MR) is 121 cm³/mol. The van der Waals surface area contributed by atoms with Crippen molar-refractivity contribution in [1.82, 2.24) is 14.5 Å². The van der Waals surface area contributed by atoms with Crippen LogP contribution in [0.25, 0.3) is 5.69 Å².